The molecule has 1 N–H and O–H groups in total. The van der Waals surface area contributed by atoms with E-state index in [1.807, 2.05) is 19.1 Å². The number of nitrogens with zero attached hydrogens (tertiary/aromatic N) is 1. The largest absolute Gasteiger partial charge is 0.255 e. The van der Waals surface area contributed by atoms with E-state index in [2.05, 4.69) is 9.71 Å². The number of rotatable bonds is 3. The van der Waals surface area contributed by atoms with E-state index in [4.69, 9.17) is 0 Å². The molecule has 5 heteroatoms. The number of hydrogen-bond donors (Lipinski definition) is 1. The smallest absolute Gasteiger partial charge is 0.242 e. The van der Waals surface area contributed by atoms with Crippen LogP contribution >= 0.6 is 0 Å². The highest BCUT2D eigenvalue weighted by Gasteiger charge is 2.26. The fourth-order valence-corrected chi connectivity index (χ4v) is 3.75. The van der Waals surface area contributed by atoms with Gasteiger partial charge in [-0.25, -0.2) is 13.1 Å². The van der Waals surface area contributed by atoms with Gasteiger partial charge in [0.2, 0.25) is 10.0 Å². The van der Waals surface area contributed by atoms with Crippen LogP contribution in [0.3, 0.4) is 0 Å². The predicted octanol–water partition coefficient (Wildman–Crippen LogP) is 2.37. The topological polar surface area (TPSA) is 59.1 Å². The number of fused-ring (bicyclic) bond motifs is 1. The van der Waals surface area contributed by atoms with Gasteiger partial charge >= 0.3 is 0 Å². The number of benzene rings is 1. The Kier molecular flexibility index (Phi) is 3.03. The summed E-state index contributed by atoms with van der Waals surface area (Å²) < 4.78 is 27.5. The number of aromatic nitrogens is 1. The van der Waals surface area contributed by atoms with Crippen LogP contribution in [0.2, 0.25) is 0 Å². The first-order chi connectivity index (χ1) is 9.06. The standard InChI is InChI=1S/C14H16N2O2S/c1-10-8-11-4-2-7-13(14(11)15-9-10)19(17,18)16-12-5-3-6-12/h2,4,7-9,12,16H,3,5-6H2,1H3. The molecule has 1 saturated carbocycles. The summed E-state index contributed by atoms with van der Waals surface area (Å²) in [5.74, 6) is 0. The van der Waals surface area contributed by atoms with Crippen LogP contribution in [-0.2, 0) is 10.0 Å². The predicted molar refractivity (Wildman–Crippen MR) is 74.4 cm³/mol. The van der Waals surface area contributed by atoms with Gasteiger partial charge in [0.25, 0.3) is 0 Å². The van der Waals surface area contributed by atoms with Crippen molar-refractivity contribution in [3.63, 3.8) is 0 Å². The Labute approximate surface area is 112 Å². The zero-order valence-corrected chi connectivity index (χ0v) is 11.6. The maximum absolute atomic E-state index is 12.4. The fraction of sp³-hybridized carbons (Fsp3) is 0.357. The van der Waals surface area contributed by atoms with Crippen LogP contribution in [0, 0.1) is 6.92 Å². The van der Waals surface area contributed by atoms with Crippen LogP contribution in [-0.4, -0.2) is 19.4 Å². The van der Waals surface area contributed by atoms with Gasteiger partial charge in [0.15, 0.2) is 0 Å². The molecular weight excluding hydrogens is 260 g/mol. The molecule has 1 aromatic heterocycles. The first-order valence-electron chi connectivity index (χ1n) is 6.44. The highest BCUT2D eigenvalue weighted by Crippen LogP contribution is 2.25. The van der Waals surface area contributed by atoms with Gasteiger partial charge in [-0.05, 0) is 37.5 Å². The second-order valence-corrected chi connectivity index (χ2v) is 6.77. The highest BCUT2D eigenvalue weighted by molar-refractivity contribution is 7.89. The van der Waals surface area contributed by atoms with Gasteiger partial charge in [0, 0.05) is 17.6 Å². The van der Waals surface area contributed by atoms with Gasteiger partial charge in [0.1, 0.15) is 4.90 Å². The summed E-state index contributed by atoms with van der Waals surface area (Å²) in [5, 5.41) is 0.858. The second kappa shape index (κ2) is 4.58. The van der Waals surface area contributed by atoms with Crippen molar-refractivity contribution in [2.24, 2.45) is 0 Å². The molecular formula is C14H16N2O2S. The zero-order valence-electron chi connectivity index (χ0n) is 10.8. The Balaban J connectivity index is 2.08. The lowest BCUT2D eigenvalue weighted by atomic mass is 9.94. The van der Waals surface area contributed by atoms with Gasteiger partial charge in [-0.3, -0.25) is 4.98 Å². The van der Waals surface area contributed by atoms with Crippen molar-refractivity contribution in [2.45, 2.75) is 37.1 Å². The molecule has 3 rings (SSSR count). The number of para-hydroxylation sites is 1. The molecule has 2 aromatic rings. The molecule has 0 saturated heterocycles. The minimum Gasteiger partial charge on any atom is -0.255 e. The Morgan fingerprint density at radius 3 is 2.79 bits per heavy atom. The summed E-state index contributed by atoms with van der Waals surface area (Å²) >= 11 is 0. The van der Waals surface area contributed by atoms with E-state index in [9.17, 15) is 8.42 Å². The molecule has 1 heterocycles. The molecule has 0 radical (unpaired) electrons. The summed E-state index contributed by atoms with van der Waals surface area (Å²) in [6.45, 7) is 1.94. The van der Waals surface area contributed by atoms with Crippen LogP contribution in [0.1, 0.15) is 24.8 Å². The normalized spacial score (nSPS) is 16.5. The molecule has 1 aliphatic rings. The van der Waals surface area contributed by atoms with Crippen LogP contribution in [0.15, 0.2) is 35.4 Å². The average Bonchev–Trinajstić information content (AvgIpc) is 2.33. The van der Waals surface area contributed by atoms with Crippen molar-refractivity contribution in [1.29, 1.82) is 0 Å². The molecule has 0 spiro atoms. The minimum atomic E-state index is -3.47. The van der Waals surface area contributed by atoms with Crippen LogP contribution in [0.4, 0.5) is 0 Å². The molecule has 100 valence electrons. The zero-order chi connectivity index (χ0) is 13.5. The van der Waals surface area contributed by atoms with Crippen LogP contribution in [0.25, 0.3) is 10.9 Å². The Morgan fingerprint density at radius 1 is 1.32 bits per heavy atom. The number of aryl methyl sites for hydroxylation is 1. The monoisotopic (exact) mass is 276 g/mol. The van der Waals surface area contributed by atoms with E-state index in [1.54, 1.807) is 18.3 Å². The van der Waals surface area contributed by atoms with Crippen molar-refractivity contribution in [1.82, 2.24) is 9.71 Å². The molecule has 1 fully saturated rings. The molecule has 1 aliphatic carbocycles. The van der Waals surface area contributed by atoms with Crippen molar-refractivity contribution in [2.75, 3.05) is 0 Å². The molecule has 0 aliphatic heterocycles. The molecule has 4 nitrogen and oxygen atoms in total. The molecule has 19 heavy (non-hydrogen) atoms. The van der Waals surface area contributed by atoms with Crippen molar-refractivity contribution in [3.05, 3.63) is 36.0 Å². The Hall–Kier alpha value is -1.46. The third-order valence-electron chi connectivity index (χ3n) is 3.53. The second-order valence-electron chi connectivity index (χ2n) is 5.09. The molecule has 0 bridgehead atoms. The highest BCUT2D eigenvalue weighted by atomic mass is 32.2. The van der Waals surface area contributed by atoms with Crippen molar-refractivity contribution >= 4 is 20.9 Å². The summed E-state index contributed by atoms with van der Waals surface area (Å²) in [4.78, 5) is 4.55. The molecule has 1 aromatic carbocycles. The lowest BCUT2D eigenvalue weighted by Gasteiger charge is -2.26. The van der Waals surface area contributed by atoms with E-state index >= 15 is 0 Å². The molecule has 0 atom stereocenters. The lowest BCUT2D eigenvalue weighted by Crippen LogP contribution is -2.39. The van der Waals surface area contributed by atoms with Gasteiger partial charge in [-0.2, -0.15) is 0 Å². The van der Waals surface area contributed by atoms with E-state index < -0.39 is 10.0 Å². The molecule has 0 amide bonds. The molecule has 0 unspecified atom stereocenters. The first kappa shape index (κ1) is 12.6. The van der Waals surface area contributed by atoms with Gasteiger partial charge < -0.3 is 0 Å². The van der Waals surface area contributed by atoms with Gasteiger partial charge in [0.05, 0.1) is 5.52 Å². The third kappa shape index (κ3) is 2.35. The maximum atomic E-state index is 12.4. The Bertz CT molecular complexity index is 721. The summed E-state index contributed by atoms with van der Waals surface area (Å²) in [6, 6.07) is 7.30. The SMILES string of the molecule is Cc1cnc2c(S(=O)(=O)NC3CCC3)cccc2c1. The quantitative estimate of drug-likeness (QED) is 0.936. The third-order valence-corrected chi connectivity index (χ3v) is 5.08. The van der Waals surface area contributed by atoms with Crippen molar-refractivity contribution in [3.8, 4) is 0 Å². The fourth-order valence-electron chi connectivity index (χ4n) is 2.27. The van der Waals surface area contributed by atoms with Gasteiger partial charge in [-0.1, -0.05) is 18.6 Å². The van der Waals surface area contributed by atoms with E-state index in [-0.39, 0.29) is 10.9 Å². The minimum absolute atomic E-state index is 0.0886. The van der Waals surface area contributed by atoms with Gasteiger partial charge in [-0.15, -0.1) is 0 Å². The number of hydrogen-bond acceptors (Lipinski definition) is 3. The van der Waals surface area contributed by atoms with E-state index in [0.29, 0.717) is 5.52 Å². The summed E-state index contributed by atoms with van der Waals surface area (Å²) in [7, 11) is -3.47. The van der Waals surface area contributed by atoms with E-state index in [0.717, 1.165) is 30.2 Å². The number of nitrogens with one attached hydrogen (secondary N) is 1. The van der Waals surface area contributed by atoms with Crippen LogP contribution < -0.4 is 4.72 Å². The Morgan fingerprint density at radius 2 is 2.11 bits per heavy atom. The number of sulfonamides is 1. The maximum Gasteiger partial charge on any atom is 0.242 e. The van der Waals surface area contributed by atoms with Crippen LogP contribution in [0.5, 0.6) is 0 Å². The summed E-state index contributed by atoms with van der Waals surface area (Å²) in [6.07, 6.45) is 4.65. The average molecular weight is 276 g/mol. The first-order valence-corrected chi connectivity index (χ1v) is 7.92. The van der Waals surface area contributed by atoms with Crippen molar-refractivity contribution < 1.29 is 8.42 Å². The van der Waals surface area contributed by atoms with E-state index in [1.165, 1.54) is 0 Å². The lowest BCUT2D eigenvalue weighted by molar-refractivity contribution is 0.383. The summed E-state index contributed by atoms with van der Waals surface area (Å²) in [5.41, 5.74) is 1.56. The number of pyridine rings is 1.